The molecule has 0 saturated carbocycles. The average molecular weight is 437 g/mol. The van der Waals surface area contributed by atoms with Gasteiger partial charge in [0.15, 0.2) is 5.82 Å². The molecule has 0 aromatic carbocycles. The number of thiophene rings is 1. The van der Waals surface area contributed by atoms with Gasteiger partial charge in [-0.1, -0.05) is 0 Å². The van der Waals surface area contributed by atoms with Crippen molar-refractivity contribution in [1.82, 2.24) is 34.4 Å². The third-order valence-electron chi connectivity index (χ3n) is 5.62. The van der Waals surface area contributed by atoms with Gasteiger partial charge in [-0.15, -0.1) is 16.4 Å². The van der Waals surface area contributed by atoms with Crippen molar-refractivity contribution in [2.45, 2.75) is 20.4 Å². The number of piperazine rings is 1. The Kier molecular flexibility index (Phi) is 5.24. The Morgan fingerprint density at radius 2 is 1.84 bits per heavy atom. The van der Waals surface area contributed by atoms with E-state index >= 15 is 0 Å². The van der Waals surface area contributed by atoms with E-state index < -0.39 is 0 Å². The zero-order valence-electron chi connectivity index (χ0n) is 17.6. The summed E-state index contributed by atoms with van der Waals surface area (Å²) >= 11 is 1.64. The molecule has 5 rings (SSSR count). The van der Waals surface area contributed by atoms with Crippen LogP contribution in [0.5, 0.6) is 0 Å². The average Bonchev–Trinajstić information content (AvgIpc) is 3.39. The van der Waals surface area contributed by atoms with Gasteiger partial charge in [-0.25, -0.2) is 19.3 Å². The Labute approximate surface area is 183 Å². The molecule has 0 unspecified atom stereocenters. The molecule has 1 saturated heterocycles. The first-order chi connectivity index (χ1) is 15.1. The summed E-state index contributed by atoms with van der Waals surface area (Å²) < 4.78 is 3.31. The number of aryl methyl sites for hydroxylation is 2. The van der Waals surface area contributed by atoms with E-state index in [2.05, 4.69) is 41.4 Å². The van der Waals surface area contributed by atoms with E-state index in [-0.39, 0.29) is 5.56 Å². The molecule has 1 aliphatic rings. The highest BCUT2D eigenvalue weighted by Crippen LogP contribution is 2.27. The van der Waals surface area contributed by atoms with Crippen LogP contribution in [0, 0.1) is 13.8 Å². The van der Waals surface area contributed by atoms with Crippen molar-refractivity contribution in [3.05, 3.63) is 57.7 Å². The van der Waals surface area contributed by atoms with Crippen LogP contribution >= 0.6 is 11.3 Å². The fraction of sp³-hybridized carbons (Fsp3) is 0.381. The van der Waals surface area contributed by atoms with Gasteiger partial charge in [0.05, 0.1) is 17.6 Å². The molecule has 31 heavy (non-hydrogen) atoms. The minimum atomic E-state index is -0.0928. The van der Waals surface area contributed by atoms with E-state index in [0.717, 1.165) is 60.1 Å². The van der Waals surface area contributed by atoms with E-state index in [0.29, 0.717) is 12.4 Å². The molecule has 0 aliphatic carbocycles. The van der Waals surface area contributed by atoms with Gasteiger partial charge >= 0.3 is 0 Å². The van der Waals surface area contributed by atoms with Crippen LogP contribution in [-0.2, 0) is 6.54 Å². The maximum Gasteiger partial charge on any atom is 0.266 e. The molecular weight excluding hydrogens is 412 g/mol. The molecule has 160 valence electrons. The molecule has 9 nitrogen and oxygen atoms in total. The predicted molar refractivity (Wildman–Crippen MR) is 121 cm³/mol. The third-order valence-corrected chi connectivity index (χ3v) is 6.44. The summed E-state index contributed by atoms with van der Waals surface area (Å²) in [7, 11) is 0. The van der Waals surface area contributed by atoms with Crippen LogP contribution in [0.3, 0.4) is 0 Å². The monoisotopic (exact) mass is 436 g/mol. The van der Waals surface area contributed by atoms with E-state index in [1.54, 1.807) is 34.5 Å². The summed E-state index contributed by atoms with van der Waals surface area (Å²) in [5.41, 5.74) is 1.83. The minimum Gasteiger partial charge on any atom is -0.353 e. The van der Waals surface area contributed by atoms with Crippen molar-refractivity contribution in [2.24, 2.45) is 0 Å². The summed E-state index contributed by atoms with van der Waals surface area (Å²) in [6.07, 6.45) is 1.65. The van der Waals surface area contributed by atoms with Crippen LogP contribution in [0.25, 0.3) is 16.0 Å². The maximum atomic E-state index is 12.3. The van der Waals surface area contributed by atoms with Gasteiger partial charge in [-0.2, -0.15) is 5.10 Å². The van der Waals surface area contributed by atoms with Crippen LogP contribution < -0.4 is 10.5 Å². The molecule has 5 heterocycles. The smallest absolute Gasteiger partial charge is 0.266 e. The van der Waals surface area contributed by atoms with Gasteiger partial charge in [0.25, 0.3) is 5.56 Å². The molecular formula is C21H24N8OS. The van der Waals surface area contributed by atoms with E-state index in [1.807, 2.05) is 19.9 Å². The number of hydrogen-bond donors (Lipinski definition) is 0. The predicted octanol–water partition coefficient (Wildman–Crippen LogP) is 1.87. The fourth-order valence-corrected chi connectivity index (χ4v) is 4.75. The summed E-state index contributed by atoms with van der Waals surface area (Å²) in [5, 5.41) is 12.2. The van der Waals surface area contributed by atoms with E-state index in [4.69, 9.17) is 0 Å². The Hall–Kier alpha value is -3.11. The largest absolute Gasteiger partial charge is 0.353 e. The number of nitrogens with zero attached hydrogens (tertiary/aromatic N) is 8. The zero-order chi connectivity index (χ0) is 21.4. The Balaban J connectivity index is 1.24. The van der Waals surface area contributed by atoms with Gasteiger partial charge in [0.1, 0.15) is 17.0 Å². The van der Waals surface area contributed by atoms with Crippen LogP contribution in [0.15, 0.2) is 40.8 Å². The van der Waals surface area contributed by atoms with Crippen molar-refractivity contribution in [1.29, 1.82) is 0 Å². The van der Waals surface area contributed by atoms with Gasteiger partial charge in [0, 0.05) is 44.5 Å². The van der Waals surface area contributed by atoms with Crippen molar-refractivity contribution in [3.8, 4) is 5.82 Å². The number of rotatable bonds is 5. The summed E-state index contributed by atoms with van der Waals surface area (Å²) in [6, 6.07) is 7.38. The van der Waals surface area contributed by atoms with E-state index in [9.17, 15) is 4.79 Å². The highest BCUT2D eigenvalue weighted by molar-refractivity contribution is 7.16. The molecule has 0 atom stereocenters. The highest BCUT2D eigenvalue weighted by atomic mass is 32.1. The Bertz CT molecular complexity index is 1270. The molecule has 10 heteroatoms. The molecule has 4 aromatic rings. The van der Waals surface area contributed by atoms with E-state index in [1.165, 1.54) is 4.68 Å². The van der Waals surface area contributed by atoms with Gasteiger partial charge in [-0.3, -0.25) is 9.69 Å². The second kappa shape index (κ2) is 8.20. The lowest BCUT2D eigenvalue weighted by Crippen LogP contribution is -2.48. The standard InChI is InChI=1S/C21H24N8OS/c1-15-13-16(2)29(24-15)18-3-4-19(30)28(25-18)11-8-26-6-9-27(10-7-26)20-17-5-12-31-21(17)23-14-22-20/h3-5,12-14H,6-11H2,1-2H3. The molecule has 0 bridgehead atoms. The van der Waals surface area contributed by atoms with Crippen LogP contribution in [0.2, 0.25) is 0 Å². The van der Waals surface area contributed by atoms with Gasteiger partial charge in [-0.05, 0) is 37.4 Å². The van der Waals surface area contributed by atoms with Crippen LogP contribution in [0.4, 0.5) is 5.82 Å². The maximum absolute atomic E-state index is 12.3. The topological polar surface area (TPSA) is 85.0 Å². The summed E-state index contributed by atoms with van der Waals surface area (Å²) in [6.45, 7) is 8.89. The quantitative estimate of drug-likeness (QED) is 0.472. The molecule has 0 spiro atoms. The normalized spacial score (nSPS) is 15.1. The number of anilines is 1. The zero-order valence-corrected chi connectivity index (χ0v) is 18.4. The number of fused-ring (bicyclic) bond motifs is 1. The SMILES string of the molecule is Cc1cc(C)n(-c2ccc(=O)n(CCN3CCN(c4ncnc5sccc45)CC3)n2)n1. The van der Waals surface area contributed by atoms with Gasteiger partial charge in [0.2, 0.25) is 0 Å². The molecule has 1 aliphatic heterocycles. The van der Waals surface area contributed by atoms with Crippen molar-refractivity contribution >= 4 is 27.4 Å². The summed E-state index contributed by atoms with van der Waals surface area (Å²) in [4.78, 5) is 26.9. The first kappa shape index (κ1) is 19.8. The second-order valence-electron chi connectivity index (χ2n) is 7.76. The highest BCUT2D eigenvalue weighted by Gasteiger charge is 2.20. The number of aromatic nitrogens is 6. The van der Waals surface area contributed by atoms with Crippen LogP contribution in [-0.4, -0.2) is 67.2 Å². The Morgan fingerprint density at radius 1 is 1.00 bits per heavy atom. The third kappa shape index (κ3) is 3.96. The molecule has 0 N–H and O–H groups in total. The van der Waals surface area contributed by atoms with Crippen molar-refractivity contribution in [2.75, 3.05) is 37.6 Å². The first-order valence-corrected chi connectivity index (χ1v) is 11.2. The number of hydrogen-bond acceptors (Lipinski definition) is 8. The molecule has 0 amide bonds. The fourth-order valence-electron chi connectivity index (χ4n) is 4.02. The van der Waals surface area contributed by atoms with Crippen molar-refractivity contribution in [3.63, 3.8) is 0 Å². The lowest BCUT2D eigenvalue weighted by molar-refractivity contribution is 0.242. The second-order valence-corrected chi connectivity index (χ2v) is 8.65. The molecule has 4 aromatic heterocycles. The Morgan fingerprint density at radius 3 is 2.61 bits per heavy atom. The molecule has 0 radical (unpaired) electrons. The van der Waals surface area contributed by atoms with Gasteiger partial charge < -0.3 is 4.90 Å². The minimum absolute atomic E-state index is 0.0928. The first-order valence-electron chi connectivity index (χ1n) is 10.4. The summed E-state index contributed by atoms with van der Waals surface area (Å²) in [5.74, 6) is 1.68. The van der Waals surface area contributed by atoms with Crippen LogP contribution in [0.1, 0.15) is 11.4 Å². The molecule has 1 fully saturated rings. The lowest BCUT2D eigenvalue weighted by atomic mass is 10.2. The van der Waals surface area contributed by atoms with Crippen molar-refractivity contribution < 1.29 is 0 Å². The lowest BCUT2D eigenvalue weighted by Gasteiger charge is -2.35.